The van der Waals surface area contributed by atoms with E-state index in [1.165, 1.54) is 0 Å². The molecule has 1 amide bonds. The number of halogens is 1. The average Bonchev–Trinajstić information content (AvgIpc) is 2.47. The van der Waals surface area contributed by atoms with Gasteiger partial charge in [0.25, 0.3) is 5.79 Å². The Balaban J connectivity index is 3.07. The number of rotatable bonds is 6. The summed E-state index contributed by atoms with van der Waals surface area (Å²) in [5.74, 6) is -5.72. The number of nitrogens with one attached hydrogen (secondary N) is 1. The molecule has 1 rings (SSSR count). The quantitative estimate of drug-likeness (QED) is 0.239. The Morgan fingerprint density at radius 1 is 1.45 bits per heavy atom. The normalized spacial score (nSPS) is 34.7. The zero-order chi connectivity index (χ0) is 17.1. The molecule has 10 nitrogen and oxygen atoms in total. The summed E-state index contributed by atoms with van der Waals surface area (Å²) >= 11 is 5.33. The van der Waals surface area contributed by atoms with Crippen LogP contribution in [0, 0.1) is 0 Å². The number of amides is 1. The summed E-state index contributed by atoms with van der Waals surface area (Å²) in [6, 6.07) is -1.29. The first kappa shape index (κ1) is 19.0. The molecule has 0 spiro atoms. The van der Waals surface area contributed by atoms with Gasteiger partial charge < -0.3 is 41.3 Å². The van der Waals surface area contributed by atoms with E-state index < -0.39 is 67.0 Å². The molecule has 0 saturated carbocycles. The van der Waals surface area contributed by atoms with Gasteiger partial charge in [-0.3, -0.25) is 4.79 Å². The number of carboxylic acid groups (broad SMARTS) is 1. The topological polar surface area (TPSA) is 183 Å². The van der Waals surface area contributed by atoms with Gasteiger partial charge in [0, 0.05) is 13.0 Å². The Kier molecular flexibility index (Phi) is 6.50. The van der Waals surface area contributed by atoms with Gasteiger partial charge in [0.05, 0.1) is 18.2 Å². The molecule has 1 aliphatic rings. The molecule has 0 bridgehead atoms. The summed E-state index contributed by atoms with van der Waals surface area (Å²) in [4.78, 5) is 22.4. The maximum atomic E-state index is 11.4. The fourth-order valence-electron chi connectivity index (χ4n) is 2.16. The highest BCUT2D eigenvalue weighted by atomic mass is 35.5. The number of aliphatic hydroxyl groups excluding tert-OH is 3. The van der Waals surface area contributed by atoms with E-state index in [1.807, 2.05) is 0 Å². The number of carbonyl (C=O) groups is 2. The maximum absolute atomic E-state index is 11.4. The Morgan fingerprint density at radius 2 is 2.05 bits per heavy atom. The lowest BCUT2D eigenvalue weighted by molar-refractivity contribution is -0.294. The predicted molar refractivity (Wildman–Crippen MR) is 71.8 cm³/mol. The molecule has 0 aliphatic carbocycles. The lowest BCUT2D eigenvalue weighted by Crippen LogP contribution is -2.67. The van der Waals surface area contributed by atoms with Crippen LogP contribution in [0.4, 0.5) is 0 Å². The minimum atomic E-state index is -2.78. The number of nitrogens with two attached hydrogens (primary N) is 1. The van der Waals surface area contributed by atoms with Crippen LogP contribution in [0.1, 0.15) is 6.42 Å². The highest BCUT2D eigenvalue weighted by Crippen LogP contribution is 2.30. The summed E-state index contributed by atoms with van der Waals surface area (Å²) in [6.07, 6.45) is -7.21. The minimum absolute atomic E-state index is 0.390. The molecule has 11 heteroatoms. The summed E-state index contributed by atoms with van der Waals surface area (Å²) < 4.78 is 4.92. The molecule has 22 heavy (non-hydrogen) atoms. The third-order valence-corrected chi connectivity index (χ3v) is 3.58. The van der Waals surface area contributed by atoms with E-state index in [9.17, 15) is 30.0 Å². The van der Waals surface area contributed by atoms with Crippen LogP contribution in [-0.2, 0) is 14.3 Å². The first-order chi connectivity index (χ1) is 10.2. The number of hydrogen-bond donors (Lipinski definition) is 7. The first-order valence-corrected chi connectivity index (χ1v) is 6.93. The van der Waals surface area contributed by atoms with Crippen LogP contribution in [0.15, 0.2) is 0 Å². The standard InChI is InChI=1S/C11H19ClN2O8/c12-2-6(17)14-7-4(15)1-11(21,10(19)20)22-9(7)8(18)5(16)3-13/h4-5,7-9,15-16,18,21H,1-3,13H2,(H,14,17)(H,19,20)/t4-,5+,7+,8+,9?,11?/m0/s1. The Bertz CT molecular complexity index is 425. The molecule has 0 aromatic heterocycles. The summed E-state index contributed by atoms with van der Waals surface area (Å²) in [7, 11) is 0. The van der Waals surface area contributed by atoms with Gasteiger partial charge in [0.15, 0.2) is 0 Å². The summed E-state index contributed by atoms with van der Waals surface area (Å²) in [6.45, 7) is -0.390. The second-order valence-corrected chi connectivity index (χ2v) is 5.23. The number of carbonyl (C=O) groups excluding carboxylic acids is 1. The molecule has 1 heterocycles. The highest BCUT2D eigenvalue weighted by molar-refractivity contribution is 6.27. The fraction of sp³-hybridized carbons (Fsp3) is 0.818. The number of aliphatic carboxylic acids is 1. The monoisotopic (exact) mass is 342 g/mol. The number of aliphatic hydroxyl groups is 4. The number of hydrogen-bond acceptors (Lipinski definition) is 8. The van der Waals surface area contributed by atoms with Gasteiger partial charge in [-0.15, -0.1) is 11.6 Å². The number of carboxylic acids is 1. The molecule has 8 N–H and O–H groups in total. The average molecular weight is 343 g/mol. The third kappa shape index (κ3) is 4.04. The molecule has 2 unspecified atom stereocenters. The Morgan fingerprint density at radius 3 is 2.50 bits per heavy atom. The fourth-order valence-corrected chi connectivity index (χ4v) is 2.23. The summed E-state index contributed by atoms with van der Waals surface area (Å²) in [5.41, 5.74) is 5.20. The second kappa shape index (κ2) is 7.51. The molecule has 1 fully saturated rings. The molecule has 1 saturated heterocycles. The van der Waals surface area contributed by atoms with Gasteiger partial charge in [0.1, 0.15) is 18.1 Å². The molecular formula is C11H19ClN2O8. The highest BCUT2D eigenvalue weighted by Gasteiger charge is 2.53. The van der Waals surface area contributed by atoms with E-state index in [4.69, 9.17) is 27.2 Å². The molecule has 128 valence electrons. The van der Waals surface area contributed by atoms with E-state index >= 15 is 0 Å². The zero-order valence-electron chi connectivity index (χ0n) is 11.4. The van der Waals surface area contributed by atoms with Crippen LogP contribution in [0.2, 0.25) is 0 Å². The van der Waals surface area contributed by atoms with E-state index in [-0.39, 0.29) is 0 Å². The smallest absolute Gasteiger partial charge is 0.364 e. The Hall–Kier alpha value is -1.01. The number of alkyl halides is 1. The van der Waals surface area contributed by atoms with Crippen molar-refractivity contribution in [3.63, 3.8) is 0 Å². The van der Waals surface area contributed by atoms with Crippen molar-refractivity contribution in [1.29, 1.82) is 0 Å². The SMILES string of the molecule is NC[C@@H](O)[C@@H](O)C1OC(O)(C(=O)O)C[C@H](O)[C@H]1NC(=O)CCl. The largest absolute Gasteiger partial charge is 0.477 e. The van der Waals surface area contributed by atoms with Crippen molar-refractivity contribution in [3.8, 4) is 0 Å². The lowest BCUT2D eigenvalue weighted by atomic mass is 9.88. The van der Waals surface area contributed by atoms with Gasteiger partial charge >= 0.3 is 5.97 Å². The van der Waals surface area contributed by atoms with Crippen LogP contribution in [0.3, 0.4) is 0 Å². The van der Waals surface area contributed by atoms with E-state index in [1.54, 1.807) is 0 Å². The predicted octanol–water partition coefficient (Wildman–Crippen LogP) is -3.69. The molecule has 6 atom stereocenters. The molecule has 0 radical (unpaired) electrons. The minimum Gasteiger partial charge on any atom is -0.477 e. The summed E-state index contributed by atoms with van der Waals surface area (Å²) in [5, 5.41) is 50.6. The van der Waals surface area contributed by atoms with Crippen molar-refractivity contribution in [2.24, 2.45) is 5.73 Å². The van der Waals surface area contributed by atoms with Gasteiger partial charge in [0.2, 0.25) is 5.91 Å². The van der Waals surface area contributed by atoms with Crippen molar-refractivity contribution in [2.45, 2.75) is 42.7 Å². The van der Waals surface area contributed by atoms with Crippen LogP contribution in [0.5, 0.6) is 0 Å². The Labute approximate surface area is 130 Å². The zero-order valence-corrected chi connectivity index (χ0v) is 12.2. The van der Waals surface area contributed by atoms with E-state index in [0.29, 0.717) is 0 Å². The van der Waals surface area contributed by atoms with Gasteiger partial charge in [-0.1, -0.05) is 0 Å². The second-order valence-electron chi connectivity index (χ2n) is 4.96. The molecular weight excluding hydrogens is 324 g/mol. The van der Waals surface area contributed by atoms with Crippen molar-refractivity contribution >= 4 is 23.5 Å². The maximum Gasteiger partial charge on any atom is 0.364 e. The van der Waals surface area contributed by atoms with Crippen molar-refractivity contribution in [1.82, 2.24) is 5.32 Å². The first-order valence-electron chi connectivity index (χ1n) is 6.39. The molecule has 0 aromatic carbocycles. The number of ether oxygens (including phenoxy) is 1. The van der Waals surface area contributed by atoms with Gasteiger partial charge in [-0.2, -0.15) is 0 Å². The van der Waals surface area contributed by atoms with Crippen molar-refractivity contribution < 1.29 is 39.9 Å². The van der Waals surface area contributed by atoms with E-state index in [0.717, 1.165) is 0 Å². The molecule has 0 aromatic rings. The van der Waals surface area contributed by atoms with Gasteiger partial charge in [-0.05, 0) is 0 Å². The van der Waals surface area contributed by atoms with Crippen LogP contribution < -0.4 is 11.1 Å². The third-order valence-electron chi connectivity index (χ3n) is 3.34. The molecule has 1 aliphatic heterocycles. The van der Waals surface area contributed by atoms with E-state index in [2.05, 4.69) is 5.32 Å². The lowest BCUT2D eigenvalue weighted by Gasteiger charge is -2.44. The van der Waals surface area contributed by atoms with Crippen molar-refractivity contribution in [2.75, 3.05) is 12.4 Å². The van der Waals surface area contributed by atoms with Gasteiger partial charge in [-0.25, -0.2) is 4.79 Å². The van der Waals surface area contributed by atoms with Crippen molar-refractivity contribution in [3.05, 3.63) is 0 Å². The van der Waals surface area contributed by atoms with Crippen LogP contribution in [0.25, 0.3) is 0 Å². The van der Waals surface area contributed by atoms with Crippen LogP contribution in [-0.4, -0.2) is 86.1 Å². The van der Waals surface area contributed by atoms with Crippen LogP contribution >= 0.6 is 11.6 Å².